The standard InChI is InChI=1S/C11H20N2/c1-5-8(3)10-7-11(13-12-10)9(4)6-2/h7-10H,5-6H2,1-4H3. The SMILES string of the molecule is CCC(C)C1=CC(C(C)CC)N=N1. The summed E-state index contributed by atoms with van der Waals surface area (Å²) in [6.07, 6.45) is 4.56. The van der Waals surface area contributed by atoms with Crippen LogP contribution in [0.25, 0.3) is 0 Å². The molecule has 13 heavy (non-hydrogen) atoms. The molecular formula is C11H20N2. The van der Waals surface area contributed by atoms with E-state index in [1.165, 1.54) is 12.1 Å². The van der Waals surface area contributed by atoms with Gasteiger partial charge in [0.25, 0.3) is 0 Å². The first-order valence-electron chi connectivity index (χ1n) is 5.31. The van der Waals surface area contributed by atoms with Gasteiger partial charge in [0.15, 0.2) is 0 Å². The normalized spacial score (nSPS) is 25.8. The largest absolute Gasteiger partial charge is 0.181 e. The van der Waals surface area contributed by atoms with Crippen molar-refractivity contribution in [3.63, 3.8) is 0 Å². The second-order valence-corrected chi connectivity index (χ2v) is 3.99. The Morgan fingerprint density at radius 3 is 2.54 bits per heavy atom. The first-order chi connectivity index (χ1) is 6.19. The molecule has 0 radical (unpaired) electrons. The first-order valence-corrected chi connectivity index (χ1v) is 5.31. The Morgan fingerprint density at radius 1 is 1.31 bits per heavy atom. The van der Waals surface area contributed by atoms with E-state index in [-0.39, 0.29) is 0 Å². The zero-order valence-electron chi connectivity index (χ0n) is 9.12. The molecule has 0 saturated heterocycles. The summed E-state index contributed by atoms with van der Waals surface area (Å²) in [6.45, 7) is 8.84. The zero-order valence-corrected chi connectivity index (χ0v) is 9.12. The maximum atomic E-state index is 4.29. The minimum atomic E-state index is 0.342. The van der Waals surface area contributed by atoms with Crippen LogP contribution >= 0.6 is 0 Å². The lowest BCUT2D eigenvalue weighted by Gasteiger charge is -2.10. The summed E-state index contributed by atoms with van der Waals surface area (Å²) in [5.74, 6) is 1.20. The molecule has 1 heterocycles. The molecule has 1 aliphatic rings. The number of azo groups is 1. The van der Waals surface area contributed by atoms with Crippen molar-refractivity contribution in [2.45, 2.75) is 46.6 Å². The smallest absolute Gasteiger partial charge is 0.0939 e. The van der Waals surface area contributed by atoms with Crippen molar-refractivity contribution in [3.05, 3.63) is 11.8 Å². The van der Waals surface area contributed by atoms with E-state index in [4.69, 9.17) is 0 Å². The van der Waals surface area contributed by atoms with Gasteiger partial charge in [0.1, 0.15) is 0 Å². The highest BCUT2D eigenvalue weighted by Gasteiger charge is 2.20. The molecule has 0 spiro atoms. The molecule has 74 valence electrons. The highest BCUT2D eigenvalue weighted by atomic mass is 15.2. The lowest BCUT2D eigenvalue weighted by atomic mass is 9.97. The maximum Gasteiger partial charge on any atom is 0.0939 e. The lowest BCUT2D eigenvalue weighted by molar-refractivity contribution is 0.501. The molecule has 1 rings (SSSR count). The van der Waals surface area contributed by atoms with E-state index in [0.29, 0.717) is 17.9 Å². The summed E-state index contributed by atoms with van der Waals surface area (Å²) < 4.78 is 0. The quantitative estimate of drug-likeness (QED) is 0.628. The minimum absolute atomic E-state index is 0.342. The molecule has 0 N–H and O–H groups in total. The van der Waals surface area contributed by atoms with Gasteiger partial charge in [0.05, 0.1) is 11.7 Å². The van der Waals surface area contributed by atoms with Gasteiger partial charge in [0.2, 0.25) is 0 Å². The van der Waals surface area contributed by atoms with E-state index < -0.39 is 0 Å². The third-order valence-corrected chi connectivity index (χ3v) is 2.99. The Hall–Kier alpha value is -0.660. The Kier molecular flexibility index (Phi) is 3.64. The summed E-state index contributed by atoms with van der Waals surface area (Å²) in [5.41, 5.74) is 1.19. The van der Waals surface area contributed by atoms with Crippen LogP contribution < -0.4 is 0 Å². The van der Waals surface area contributed by atoms with Crippen LogP contribution in [-0.2, 0) is 0 Å². The second-order valence-electron chi connectivity index (χ2n) is 3.99. The molecule has 0 aromatic heterocycles. The fourth-order valence-corrected chi connectivity index (χ4v) is 1.37. The molecule has 0 aromatic rings. The predicted molar refractivity (Wildman–Crippen MR) is 55.6 cm³/mol. The van der Waals surface area contributed by atoms with E-state index >= 15 is 0 Å². The maximum absolute atomic E-state index is 4.29. The molecule has 0 fully saturated rings. The summed E-state index contributed by atoms with van der Waals surface area (Å²) in [7, 11) is 0. The molecule has 2 heteroatoms. The van der Waals surface area contributed by atoms with E-state index in [0.717, 1.165) is 6.42 Å². The van der Waals surface area contributed by atoms with Gasteiger partial charge in [-0.05, 0) is 24.3 Å². The third kappa shape index (κ3) is 2.39. The monoisotopic (exact) mass is 180 g/mol. The van der Waals surface area contributed by atoms with E-state index in [2.05, 4.69) is 44.0 Å². The molecule has 0 aromatic carbocycles. The fourth-order valence-electron chi connectivity index (χ4n) is 1.37. The van der Waals surface area contributed by atoms with Gasteiger partial charge >= 0.3 is 0 Å². The first kappa shape index (κ1) is 10.4. The number of hydrogen-bond donors (Lipinski definition) is 0. The van der Waals surface area contributed by atoms with Gasteiger partial charge in [-0.25, -0.2) is 0 Å². The van der Waals surface area contributed by atoms with Crippen molar-refractivity contribution < 1.29 is 0 Å². The van der Waals surface area contributed by atoms with E-state index in [9.17, 15) is 0 Å². The van der Waals surface area contributed by atoms with Crippen LogP contribution in [0.5, 0.6) is 0 Å². The Morgan fingerprint density at radius 2 is 2.00 bits per heavy atom. The summed E-state index contributed by atoms with van der Waals surface area (Å²) >= 11 is 0. The summed E-state index contributed by atoms with van der Waals surface area (Å²) in [4.78, 5) is 0. The predicted octanol–water partition coefficient (Wildman–Crippen LogP) is 3.80. The van der Waals surface area contributed by atoms with Crippen LogP contribution in [0.1, 0.15) is 40.5 Å². The van der Waals surface area contributed by atoms with Crippen LogP contribution in [0.4, 0.5) is 0 Å². The molecule has 2 nitrogen and oxygen atoms in total. The van der Waals surface area contributed by atoms with E-state index in [1.54, 1.807) is 0 Å². The van der Waals surface area contributed by atoms with Crippen molar-refractivity contribution in [1.29, 1.82) is 0 Å². The van der Waals surface area contributed by atoms with Gasteiger partial charge < -0.3 is 0 Å². The molecule has 0 bridgehead atoms. The van der Waals surface area contributed by atoms with E-state index in [1.807, 2.05) is 0 Å². The topological polar surface area (TPSA) is 24.7 Å². The second kappa shape index (κ2) is 4.54. The van der Waals surface area contributed by atoms with Gasteiger partial charge in [-0.2, -0.15) is 10.2 Å². The minimum Gasteiger partial charge on any atom is -0.181 e. The van der Waals surface area contributed by atoms with Crippen LogP contribution in [0, 0.1) is 11.8 Å². The van der Waals surface area contributed by atoms with Crippen molar-refractivity contribution in [1.82, 2.24) is 0 Å². The number of nitrogens with zero attached hydrogens (tertiary/aromatic N) is 2. The molecule has 3 atom stereocenters. The Balaban J connectivity index is 2.59. The van der Waals surface area contributed by atoms with Crippen LogP contribution in [0.2, 0.25) is 0 Å². The van der Waals surface area contributed by atoms with Crippen molar-refractivity contribution >= 4 is 0 Å². The highest BCUT2D eigenvalue weighted by molar-refractivity contribution is 5.13. The zero-order chi connectivity index (χ0) is 9.84. The molecule has 0 amide bonds. The molecule has 0 aliphatic carbocycles. The molecular weight excluding hydrogens is 160 g/mol. The van der Waals surface area contributed by atoms with Gasteiger partial charge in [0, 0.05) is 0 Å². The number of allylic oxidation sites excluding steroid dienone is 1. The number of hydrogen-bond acceptors (Lipinski definition) is 2. The number of rotatable bonds is 4. The summed E-state index contributed by atoms with van der Waals surface area (Å²) in [5, 5.41) is 8.53. The van der Waals surface area contributed by atoms with Crippen LogP contribution in [0.3, 0.4) is 0 Å². The average molecular weight is 180 g/mol. The van der Waals surface area contributed by atoms with Gasteiger partial charge in [-0.15, -0.1) is 0 Å². The highest BCUT2D eigenvalue weighted by Crippen LogP contribution is 2.26. The fraction of sp³-hybridized carbons (Fsp3) is 0.818. The third-order valence-electron chi connectivity index (χ3n) is 2.99. The molecule has 0 saturated carbocycles. The van der Waals surface area contributed by atoms with Crippen molar-refractivity contribution in [2.24, 2.45) is 22.1 Å². The molecule has 3 unspecified atom stereocenters. The van der Waals surface area contributed by atoms with Gasteiger partial charge in [-0.1, -0.05) is 34.1 Å². The summed E-state index contributed by atoms with van der Waals surface area (Å²) in [6, 6.07) is 0.342. The Bertz CT molecular complexity index is 218. The molecule has 1 aliphatic heterocycles. The van der Waals surface area contributed by atoms with Gasteiger partial charge in [-0.3, -0.25) is 0 Å². The lowest BCUT2D eigenvalue weighted by Crippen LogP contribution is -2.09. The van der Waals surface area contributed by atoms with Crippen LogP contribution in [-0.4, -0.2) is 6.04 Å². The van der Waals surface area contributed by atoms with Crippen LogP contribution in [0.15, 0.2) is 22.0 Å². The van der Waals surface area contributed by atoms with Crippen molar-refractivity contribution in [2.75, 3.05) is 0 Å². The average Bonchev–Trinajstić information content (AvgIpc) is 2.64. The Labute approximate surface area is 81.1 Å². The van der Waals surface area contributed by atoms with Crippen molar-refractivity contribution in [3.8, 4) is 0 Å².